The van der Waals surface area contributed by atoms with Crippen molar-refractivity contribution in [1.29, 1.82) is 0 Å². The van der Waals surface area contributed by atoms with E-state index >= 15 is 0 Å². The molecule has 1 aromatic carbocycles. The number of halogens is 2. The molecule has 78 valence electrons. The molecule has 1 heterocycles. The molecule has 0 aliphatic heterocycles. The molecule has 1 aromatic heterocycles. The van der Waals surface area contributed by atoms with Gasteiger partial charge in [-0.15, -0.1) is 5.10 Å². The highest BCUT2D eigenvalue weighted by Crippen LogP contribution is 2.11. The van der Waals surface area contributed by atoms with E-state index in [1.165, 1.54) is 6.07 Å². The predicted molar refractivity (Wildman–Crippen MR) is 50.9 cm³/mol. The Kier molecular flexibility index (Phi) is 2.59. The van der Waals surface area contributed by atoms with E-state index in [9.17, 15) is 8.78 Å². The van der Waals surface area contributed by atoms with Crippen LogP contribution in [0.1, 0.15) is 11.5 Å². The van der Waals surface area contributed by atoms with E-state index in [4.69, 9.17) is 4.42 Å². The van der Waals surface area contributed by atoms with Crippen LogP contribution in [-0.2, 0) is 6.42 Å². The van der Waals surface area contributed by atoms with E-state index in [0.717, 1.165) is 12.1 Å². The second-order valence-electron chi connectivity index (χ2n) is 2.93. The third-order valence-corrected chi connectivity index (χ3v) is 2.00. The van der Waals surface area contributed by atoms with E-state index in [2.05, 4.69) is 22.4 Å². The lowest BCUT2D eigenvalue weighted by Gasteiger charge is -1.97. The first-order chi connectivity index (χ1) is 7.15. The SMILES string of the molecule is Fc1ccc(Cc2n[nH]c(=S)o2)cc1F. The molecule has 0 unspecified atom stereocenters. The lowest BCUT2D eigenvalue weighted by Crippen LogP contribution is -1.91. The van der Waals surface area contributed by atoms with Crippen LogP contribution in [0.4, 0.5) is 8.78 Å². The molecular formula is C9H6F2N2OS. The number of nitrogens with one attached hydrogen (secondary N) is 1. The fraction of sp³-hybridized carbons (Fsp3) is 0.111. The van der Waals surface area contributed by atoms with Crippen LogP contribution < -0.4 is 0 Å². The molecule has 0 aliphatic rings. The van der Waals surface area contributed by atoms with Gasteiger partial charge >= 0.3 is 0 Å². The number of benzene rings is 1. The zero-order chi connectivity index (χ0) is 10.8. The second-order valence-corrected chi connectivity index (χ2v) is 3.30. The Morgan fingerprint density at radius 3 is 2.73 bits per heavy atom. The Morgan fingerprint density at radius 2 is 2.13 bits per heavy atom. The van der Waals surface area contributed by atoms with Gasteiger partial charge in [-0.3, -0.25) is 0 Å². The van der Waals surface area contributed by atoms with Gasteiger partial charge in [0.2, 0.25) is 5.89 Å². The highest BCUT2D eigenvalue weighted by Gasteiger charge is 2.06. The Balaban J connectivity index is 2.24. The molecular weight excluding hydrogens is 222 g/mol. The van der Waals surface area contributed by atoms with E-state index in [1.54, 1.807) is 0 Å². The Labute approximate surface area is 88.7 Å². The zero-order valence-electron chi connectivity index (χ0n) is 7.46. The monoisotopic (exact) mass is 228 g/mol. The van der Waals surface area contributed by atoms with Crippen LogP contribution in [0, 0.1) is 16.5 Å². The molecule has 3 nitrogen and oxygen atoms in total. The Morgan fingerprint density at radius 1 is 1.33 bits per heavy atom. The van der Waals surface area contributed by atoms with Crippen LogP contribution in [0.2, 0.25) is 0 Å². The van der Waals surface area contributed by atoms with Crippen LogP contribution in [-0.4, -0.2) is 10.2 Å². The first kappa shape index (κ1) is 9.97. The summed E-state index contributed by atoms with van der Waals surface area (Å²) in [5, 5.41) is 6.20. The summed E-state index contributed by atoms with van der Waals surface area (Å²) >= 11 is 4.68. The van der Waals surface area contributed by atoms with E-state index < -0.39 is 11.6 Å². The molecule has 0 saturated carbocycles. The number of aromatic amines is 1. The fourth-order valence-electron chi connectivity index (χ4n) is 1.16. The first-order valence-corrected chi connectivity index (χ1v) is 4.54. The molecule has 0 aliphatic carbocycles. The van der Waals surface area contributed by atoms with Gasteiger partial charge in [0.25, 0.3) is 4.84 Å². The second kappa shape index (κ2) is 3.90. The highest BCUT2D eigenvalue weighted by molar-refractivity contribution is 7.71. The van der Waals surface area contributed by atoms with Gasteiger partial charge in [0.05, 0.1) is 6.42 Å². The van der Waals surface area contributed by atoms with E-state index in [0.29, 0.717) is 11.5 Å². The van der Waals surface area contributed by atoms with Crippen molar-refractivity contribution in [3.63, 3.8) is 0 Å². The van der Waals surface area contributed by atoms with Crippen LogP contribution in [0.25, 0.3) is 0 Å². The molecule has 0 radical (unpaired) electrons. The summed E-state index contributed by atoms with van der Waals surface area (Å²) in [7, 11) is 0. The summed E-state index contributed by atoms with van der Waals surface area (Å²) in [5.41, 5.74) is 0.569. The average molecular weight is 228 g/mol. The van der Waals surface area contributed by atoms with Gasteiger partial charge in [-0.25, -0.2) is 13.9 Å². The van der Waals surface area contributed by atoms with Crippen molar-refractivity contribution in [2.24, 2.45) is 0 Å². The van der Waals surface area contributed by atoms with Crippen molar-refractivity contribution in [3.05, 3.63) is 46.1 Å². The third-order valence-electron chi connectivity index (χ3n) is 1.82. The topological polar surface area (TPSA) is 41.8 Å². The van der Waals surface area contributed by atoms with Gasteiger partial charge in [-0.05, 0) is 29.9 Å². The minimum Gasteiger partial charge on any atom is -0.414 e. The third kappa shape index (κ3) is 2.27. The molecule has 6 heteroatoms. The summed E-state index contributed by atoms with van der Waals surface area (Å²) in [4.78, 5) is 0.160. The maximum atomic E-state index is 12.8. The largest absolute Gasteiger partial charge is 0.414 e. The molecule has 0 fully saturated rings. The van der Waals surface area contributed by atoms with E-state index in [-0.39, 0.29) is 11.3 Å². The number of hydrogen-bond donors (Lipinski definition) is 1. The molecule has 0 spiro atoms. The summed E-state index contributed by atoms with van der Waals surface area (Å²) in [6, 6.07) is 3.63. The maximum absolute atomic E-state index is 12.8. The van der Waals surface area contributed by atoms with Gasteiger partial charge in [0.1, 0.15) is 0 Å². The normalized spacial score (nSPS) is 10.5. The minimum atomic E-state index is -0.887. The molecule has 0 atom stereocenters. The van der Waals surface area contributed by atoms with Gasteiger partial charge in [-0.2, -0.15) is 0 Å². The highest BCUT2D eigenvalue weighted by atomic mass is 32.1. The van der Waals surface area contributed by atoms with Crippen molar-refractivity contribution in [1.82, 2.24) is 10.2 Å². The zero-order valence-corrected chi connectivity index (χ0v) is 8.28. The molecule has 2 aromatic rings. The van der Waals surface area contributed by atoms with Gasteiger partial charge in [0.15, 0.2) is 11.6 Å². The first-order valence-electron chi connectivity index (χ1n) is 4.13. The van der Waals surface area contributed by atoms with Gasteiger partial charge in [-0.1, -0.05) is 6.07 Å². The lowest BCUT2D eigenvalue weighted by atomic mass is 10.1. The fourth-order valence-corrected chi connectivity index (χ4v) is 1.30. The average Bonchev–Trinajstić information content (AvgIpc) is 2.58. The Bertz CT molecular complexity index is 535. The summed E-state index contributed by atoms with van der Waals surface area (Å²) in [6.45, 7) is 0. The summed E-state index contributed by atoms with van der Waals surface area (Å²) in [5.74, 6) is -1.42. The van der Waals surface area contributed by atoms with Gasteiger partial charge in [0, 0.05) is 0 Å². The van der Waals surface area contributed by atoms with Crippen LogP contribution in [0.3, 0.4) is 0 Å². The quantitative estimate of drug-likeness (QED) is 0.803. The number of rotatable bonds is 2. The smallest absolute Gasteiger partial charge is 0.284 e. The van der Waals surface area contributed by atoms with Crippen LogP contribution in [0.15, 0.2) is 22.6 Å². The van der Waals surface area contributed by atoms with Crippen molar-refractivity contribution in [3.8, 4) is 0 Å². The molecule has 0 bridgehead atoms. The van der Waals surface area contributed by atoms with Crippen molar-refractivity contribution < 1.29 is 13.2 Å². The van der Waals surface area contributed by atoms with Gasteiger partial charge < -0.3 is 4.42 Å². The molecule has 1 N–H and O–H groups in total. The minimum absolute atomic E-state index is 0.160. The molecule has 2 rings (SSSR count). The van der Waals surface area contributed by atoms with Crippen LogP contribution in [0.5, 0.6) is 0 Å². The lowest BCUT2D eigenvalue weighted by molar-refractivity contribution is 0.487. The number of hydrogen-bond acceptors (Lipinski definition) is 3. The standard InChI is InChI=1S/C9H6F2N2OS/c10-6-2-1-5(3-7(6)11)4-8-12-13-9(15)14-8/h1-3H,4H2,(H,13,15). The summed E-state index contributed by atoms with van der Waals surface area (Å²) in [6.07, 6.45) is 0.268. The number of aromatic nitrogens is 2. The van der Waals surface area contributed by atoms with Crippen molar-refractivity contribution >= 4 is 12.2 Å². The number of H-pyrrole nitrogens is 1. The molecule has 0 saturated heterocycles. The predicted octanol–water partition coefficient (Wildman–Crippen LogP) is 2.60. The van der Waals surface area contributed by atoms with E-state index in [1.807, 2.05) is 0 Å². The number of nitrogens with zero attached hydrogens (tertiary/aromatic N) is 1. The van der Waals surface area contributed by atoms with Crippen LogP contribution >= 0.6 is 12.2 Å². The molecule has 0 amide bonds. The van der Waals surface area contributed by atoms with Crippen molar-refractivity contribution in [2.75, 3.05) is 0 Å². The maximum Gasteiger partial charge on any atom is 0.284 e. The summed E-state index contributed by atoms with van der Waals surface area (Å²) < 4.78 is 30.4. The molecule has 15 heavy (non-hydrogen) atoms. The van der Waals surface area contributed by atoms with Crippen molar-refractivity contribution in [2.45, 2.75) is 6.42 Å². The Hall–Kier alpha value is -1.56.